The molecule has 2 N–H and O–H groups in total. The van der Waals surface area contributed by atoms with E-state index in [1.54, 1.807) is 0 Å². The third-order valence-electron chi connectivity index (χ3n) is 2.09. The summed E-state index contributed by atoms with van der Waals surface area (Å²) < 4.78 is 1.10. The summed E-state index contributed by atoms with van der Waals surface area (Å²) in [6.07, 6.45) is 3.02. The highest BCUT2D eigenvalue weighted by molar-refractivity contribution is 9.10. The Bertz CT molecular complexity index is 240. The fourth-order valence-electron chi connectivity index (χ4n) is 1.47. The van der Waals surface area contributed by atoms with Crippen LogP contribution in [0.3, 0.4) is 0 Å². The first-order chi connectivity index (χ1) is 5.38. The Morgan fingerprint density at radius 1 is 1.64 bits per heavy atom. The second kappa shape index (κ2) is 2.95. The second-order valence-corrected chi connectivity index (χ2v) is 3.68. The molecule has 4 heteroatoms. The lowest BCUT2D eigenvalue weighted by Gasteiger charge is -2.04. The Labute approximate surface area is 73.7 Å². The van der Waals surface area contributed by atoms with Crippen molar-refractivity contribution in [2.75, 3.05) is 13.1 Å². The van der Waals surface area contributed by atoms with Crippen molar-refractivity contribution in [3.05, 3.63) is 16.4 Å². The highest BCUT2D eigenvalue weighted by atomic mass is 79.9. The molecular formula is C7H10BrN3. The predicted molar refractivity (Wildman–Crippen MR) is 46.5 cm³/mol. The van der Waals surface area contributed by atoms with E-state index >= 15 is 0 Å². The van der Waals surface area contributed by atoms with Gasteiger partial charge in [-0.25, -0.2) is 0 Å². The first-order valence-corrected chi connectivity index (χ1v) is 4.56. The molecular weight excluding hydrogens is 206 g/mol. The zero-order valence-electron chi connectivity index (χ0n) is 6.10. The molecule has 0 aromatic carbocycles. The molecule has 0 bridgehead atoms. The van der Waals surface area contributed by atoms with Crippen LogP contribution in [0.2, 0.25) is 0 Å². The van der Waals surface area contributed by atoms with Crippen LogP contribution in [0, 0.1) is 0 Å². The smallest absolute Gasteiger partial charge is 0.0632 e. The van der Waals surface area contributed by atoms with Crippen LogP contribution < -0.4 is 5.32 Å². The maximum atomic E-state index is 3.97. The topological polar surface area (TPSA) is 40.7 Å². The molecule has 60 valence electrons. The van der Waals surface area contributed by atoms with Crippen LogP contribution in [-0.2, 0) is 0 Å². The molecule has 0 aliphatic carbocycles. The number of hydrogen-bond donors (Lipinski definition) is 2. The molecule has 1 aromatic rings. The monoisotopic (exact) mass is 215 g/mol. The van der Waals surface area contributed by atoms with Gasteiger partial charge in [0.15, 0.2) is 0 Å². The average molecular weight is 216 g/mol. The molecule has 1 saturated heterocycles. The number of halogens is 1. The van der Waals surface area contributed by atoms with Crippen molar-refractivity contribution in [3.63, 3.8) is 0 Å². The van der Waals surface area contributed by atoms with Crippen LogP contribution in [0.25, 0.3) is 0 Å². The minimum atomic E-state index is 0.617. The highest BCUT2D eigenvalue weighted by Gasteiger charge is 2.19. The van der Waals surface area contributed by atoms with Crippen molar-refractivity contribution >= 4 is 15.9 Å². The Kier molecular flexibility index (Phi) is 1.96. The lowest BCUT2D eigenvalue weighted by molar-refractivity contribution is 0.726. The van der Waals surface area contributed by atoms with Gasteiger partial charge in [0.25, 0.3) is 0 Å². The fourth-order valence-corrected chi connectivity index (χ4v) is 1.98. The quantitative estimate of drug-likeness (QED) is 0.741. The zero-order valence-corrected chi connectivity index (χ0v) is 7.69. The van der Waals surface area contributed by atoms with Crippen LogP contribution >= 0.6 is 15.9 Å². The molecule has 2 heterocycles. The number of nitrogens with zero attached hydrogens (tertiary/aromatic N) is 1. The normalized spacial score (nSPS) is 24.3. The van der Waals surface area contributed by atoms with E-state index in [0.717, 1.165) is 17.6 Å². The first-order valence-electron chi connectivity index (χ1n) is 3.77. The molecule has 1 atom stereocenters. The van der Waals surface area contributed by atoms with Crippen LogP contribution in [0.15, 0.2) is 10.7 Å². The van der Waals surface area contributed by atoms with Crippen molar-refractivity contribution in [2.24, 2.45) is 0 Å². The van der Waals surface area contributed by atoms with Gasteiger partial charge >= 0.3 is 0 Å². The van der Waals surface area contributed by atoms with Gasteiger partial charge in [-0.15, -0.1) is 0 Å². The summed E-state index contributed by atoms with van der Waals surface area (Å²) in [6, 6.07) is 0. The van der Waals surface area contributed by atoms with Crippen molar-refractivity contribution in [1.82, 2.24) is 15.5 Å². The molecule has 0 amide bonds. The molecule has 1 aromatic heterocycles. The van der Waals surface area contributed by atoms with Gasteiger partial charge in [-0.05, 0) is 28.9 Å². The van der Waals surface area contributed by atoms with Crippen LogP contribution in [0.5, 0.6) is 0 Å². The summed E-state index contributed by atoms with van der Waals surface area (Å²) in [6.45, 7) is 2.19. The number of H-pyrrole nitrogens is 1. The lowest BCUT2D eigenvalue weighted by Crippen LogP contribution is -2.08. The Hall–Kier alpha value is -0.350. The molecule has 1 aliphatic rings. The van der Waals surface area contributed by atoms with Gasteiger partial charge in [0.1, 0.15) is 0 Å². The van der Waals surface area contributed by atoms with E-state index in [1.165, 1.54) is 12.1 Å². The van der Waals surface area contributed by atoms with Crippen molar-refractivity contribution < 1.29 is 0 Å². The van der Waals surface area contributed by atoms with Crippen LogP contribution in [-0.4, -0.2) is 23.3 Å². The van der Waals surface area contributed by atoms with Gasteiger partial charge in [0, 0.05) is 12.5 Å². The van der Waals surface area contributed by atoms with Gasteiger partial charge in [-0.2, -0.15) is 5.10 Å². The van der Waals surface area contributed by atoms with E-state index in [9.17, 15) is 0 Å². The summed E-state index contributed by atoms with van der Waals surface area (Å²) in [5.41, 5.74) is 1.23. The van der Waals surface area contributed by atoms with Gasteiger partial charge in [-0.1, -0.05) is 0 Å². The summed E-state index contributed by atoms with van der Waals surface area (Å²) in [7, 11) is 0. The van der Waals surface area contributed by atoms with E-state index in [-0.39, 0.29) is 0 Å². The minimum Gasteiger partial charge on any atom is -0.316 e. The molecule has 11 heavy (non-hydrogen) atoms. The summed E-state index contributed by atoms with van der Waals surface area (Å²) >= 11 is 3.45. The molecule has 1 unspecified atom stereocenters. The van der Waals surface area contributed by atoms with Crippen LogP contribution in [0.1, 0.15) is 18.0 Å². The zero-order chi connectivity index (χ0) is 7.68. The standard InChI is InChI=1S/C7H10BrN3/c8-6-4-10-11-7(6)5-1-2-9-3-5/h4-5,9H,1-3H2,(H,10,11). The third-order valence-corrected chi connectivity index (χ3v) is 2.72. The van der Waals surface area contributed by atoms with E-state index in [0.29, 0.717) is 5.92 Å². The molecule has 1 fully saturated rings. The van der Waals surface area contributed by atoms with E-state index in [2.05, 4.69) is 31.4 Å². The molecule has 2 rings (SSSR count). The number of aromatic nitrogens is 2. The van der Waals surface area contributed by atoms with Gasteiger partial charge in [0.05, 0.1) is 16.4 Å². The Morgan fingerprint density at radius 3 is 3.09 bits per heavy atom. The van der Waals surface area contributed by atoms with E-state index < -0.39 is 0 Å². The molecule has 0 spiro atoms. The molecule has 0 saturated carbocycles. The van der Waals surface area contributed by atoms with Gasteiger partial charge < -0.3 is 5.32 Å². The summed E-state index contributed by atoms with van der Waals surface area (Å²) in [4.78, 5) is 0. The highest BCUT2D eigenvalue weighted by Crippen LogP contribution is 2.26. The maximum Gasteiger partial charge on any atom is 0.0632 e. The van der Waals surface area contributed by atoms with Crippen molar-refractivity contribution in [2.45, 2.75) is 12.3 Å². The molecule has 3 nitrogen and oxygen atoms in total. The van der Waals surface area contributed by atoms with Crippen LogP contribution in [0.4, 0.5) is 0 Å². The Balaban J connectivity index is 2.21. The number of hydrogen-bond acceptors (Lipinski definition) is 2. The predicted octanol–water partition coefficient (Wildman–Crippen LogP) is 1.25. The van der Waals surface area contributed by atoms with Crippen molar-refractivity contribution in [3.8, 4) is 0 Å². The number of nitrogens with one attached hydrogen (secondary N) is 2. The SMILES string of the molecule is Brc1cn[nH]c1C1CCNC1. The van der Waals surface area contributed by atoms with Gasteiger partial charge in [-0.3, -0.25) is 5.10 Å². The lowest BCUT2D eigenvalue weighted by atomic mass is 10.1. The maximum absolute atomic E-state index is 3.97. The second-order valence-electron chi connectivity index (χ2n) is 2.82. The fraction of sp³-hybridized carbons (Fsp3) is 0.571. The third kappa shape index (κ3) is 1.32. The van der Waals surface area contributed by atoms with Crippen molar-refractivity contribution in [1.29, 1.82) is 0 Å². The number of rotatable bonds is 1. The number of aromatic amines is 1. The first kappa shape index (κ1) is 7.31. The van der Waals surface area contributed by atoms with E-state index in [1.807, 2.05) is 6.20 Å². The average Bonchev–Trinajstić information content (AvgIpc) is 2.55. The minimum absolute atomic E-state index is 0.617. The summed E-state index contributed by atoms with van der Waals surface area (Å²) in [5, 5.41) is 10.3. The molecule has 0 radical (unpaired) electrons. The van der Waals surface area contributed by atoms with Gasteiger partial charge in [0.2, 0.25) is 0 Å². The summed E-state index contributed by atoms with van der Waals surface area (Å²) in [5.74, 6) is 0.617. The Morgan fingerprint density at radius 2 is 2.55 bits per heavy atom. The van der Waals surface area contributed by atoms with E-state index in [4.69, 9.17) is 0 Å². The molecule has 1 aliphatic heterocycles. The largest absolute Gasteiger partial charge is 0.316 e.